The minimum absolute atomic E-state index is 0.000131. The number of halogens is 3. The van der Waals surface area contributed by atoms with Gasteiger partial charge in [-0.05, 0) is 38.1 Å². The van der Waals surface area contributed by atoms with E-state index in [4.69, 9.17) is 5.11 Å². The highest BCUT2D eigenvalue weighted by molar-refractivity contribution is 5.87. The van der Waals surface area contributed by atoms with E-state index in [2.05, 4.69) is 0 Å². The Hall–Kier alpha value is -2.24. The maximum Gasteiger partial charge on any atom is 0.352 e. The van der Waals surface area contributed by atoms with Crippen molar-refractivity contribution in [3.05, 3.63) is 47.4 Å². The van der Waals surface area contributed by atoms with Gasteiger partial charge >= 0.3 is 5.97 Å². The van der Waals surface area contributed by atoms with Crippen LogP contribution in [-0.4, -0.2) is 15.6 Å². The van der Waals surface area contributed by atoms with E-state index < -0.39 is 23.4 Å². The minimum atomic E-state index is -1.55. The summed E-state index contributed by atoms with van der Waals surface area (Å²) in [5.41, 5.74) is 0.401. The molecule has 1 heterocycles. The molecule has 0 amide bonds. The third kappa shape index (κ3) is 2.29. The summed E-state index contributed by atoms with van der Waals surface area (Å²) < 4.78 is 41.0. The number of aromatic carboxylic acids is 1. The SMILES string of the molecule is CC(C)n1c(C(=O)O)ccc1-c1cc(F)c(F)c(F)c1. The standard InChI is InChI=1S/C14H12F3NO2/c1-7(2)18-11(3-4-12(18)14(19)20)8-5-9(15)13(17)10(16)6-8/h3-7H,1-2H3,(H,19,20). The summed E-state index contributed by atoms with van der Waals surface area (Å²) in [5.74, 6) is -5.32. The Labute approximate surface area is 113 Å². The first-order chi connectivity index (χ1) is 9.32. The molecule has 1 aromatic heterocycles. The van der Waals surface area contributed by atoms with Crippen LogP contribution in [0.5, 0.6) is 0 Å². The van der Waals surface area contributed by atoms with E-state index in [0.29, 0.717) is 5.69 Å². The molecule has 1 aromatic carbocycles. The predicted molar refractivity (Wildman–Crippen MR) is 67.1 cm³/mol. The van der Waals surface area contributed by atoms with Crippen LogP contribution in [0.15, 0.2) is 24.3 Å². The second-order valence-corrected chi connectivity index (χ2v) is 4.63. The Morgan fingerprint density at radius 1 is 1.15 bits per heavy atom. The summed E-state index contributed by atoms with van der Waals surface area (Å²) in [6.07, 6.45) is 0. The van der Waals surface area contributed by atoms with E-state index >= 15 is 0 Å². The van der Waals surface area contributed by atoms with Crippen molar-refractivity contribution in [2.45, 2.75) is 19.9 Å². The Morgan fingerprint density at radius 3 is 2.15 bits per heavy atom. The van der Waals surface area contributed by atoms with E-state index in [0.717, 1.165) is 12.1 Å². The van der Waals surface area contributed by atoms with E-state index in [1.54, 1.807) is 13.8 Å². The van der Waals surface area contributed by atoms with Crippen LogP contribution < -0.4 is 0 Å². The maximum absolute atomic E-state index is 13.3. The van der Waals surface area contributed by atoms with Gasteiger partial charge in [-0.3, -0.25) is 0 Å². The summed E-state index contributed by atoms with van der Waals surface area (Å²) in [6.45, 7) is 3.48. The fourth-order valence-electron chi connectivity index (χ4n) is 2.12. The molecule has 0 radical (unpaired) electrons. The number of benzene rings is 1. The van der Waals surface area contributed by atoms with Crippen LogP contribution in [0.25, 0.3) is 11.3 Å². The number of hydrogen-bond acceptors (Lipinski definition) is 1. The van der Waals surface area contributed by atoms with Gasteiger partial charge in [0.1, 0.15) is 5.69 Å². The lowest BCUT2D eigenvalue weighted by molar-refractivity contribution is 0.0683. The molecule has 0 bridgehead atoms. The summed E-state index contributed by atoms with van der Waals surface area (Å²) in [4.78, 5) is 11.1. The number of hydrogen-bond donors (Lipinski definition) is 1. The van der Waals surface area contributed by atoms with Gasteiger partial charge in [0.25, 0.3) is 0 Å². The molecule has 106 valence electrons. The highest BCUT2D eigenvalue weighted by Gasteiger charge is 2.19. The van der Waals surface area contributed by atoms with Gasteiger partial charge in [-0.15, -0.1) is 0 Å². The van der Waals surface area contributed by atoms with Gasteiger partial charge in [0.05, 0.1) is 0 Å². The van der Waals surface area contributed by atoms with Crippen molar-refractivity contribution in [3.8, 4) is 11.3 Å². The van der Waals surface area contributed by atoms with E-state index in [1.807, 2.05) is 0 Å². The first-order valence-corrected chi connectivity index (χ1v) is 5.92. The highest BCUT2D eigenvalue weighted by Crippen LogP contribution is 2.28. The largest absolute Gasteiger partial charge is 0.477 e. The van der Waals surface area contributed by atoms with Crippen molar-refractivity contribution in [2.75, 3.05) is 0 Å². The number of carbonyl (C=O) groups is 1. The fraction of sp³-hybridized carbons (Fsp3) is 0.214. The third-order valence-electron chi connectivity index (χ3n) is 2.93. The van der Waals surface area contributed by atoms with E-state index in [9.17, 15) is 18.0 Å². The molecule has 1 N–H and O–H groups in total. The molecule has 20 heavy (non-hydrogen) atoms. The number of rotatable bonds is 3. The van der Waals surface area contributed by atoms with Gasteiger partial charge < -0.3 is 9.67 Å². The molecular weight excluding hydrogens is 271 g/mol. The van der Waals surface area contributed by atoms with Gasteiger partial charge in [0.15, 0.2) is 17.5 Å². The van der Waals surface area contributed by atoms with Crippen LogP contribution in [0, 0.1) is 17.5 Å². The Bertz CT molecular complexity index is 654. The van der Waals surface area contributed by atoms with Crippen molar-refractivity contribution in [2.24, 2.45) is 0 Å². The number of carboxylic acid groups (broad SMARTS) is 1. The molecule has 0 atom stereocenters. The molecule has 3 nitrogen and oxygen atoms in total. The van der Waals surface area contributed by atoms with Gasteiger partial charge in [-0.1, -0.05) is 0 Å². The van der Waals surface area contributed by atoms with Crippen LogP contribution >= 0.6 is 0 Å². The van der Waals surface area contributed by atoms with Crippen molar-refractivity contribution in [3.63, 3.8) is 0 Å². The van der Waals surface area contributed by atoms with Crippen molar-refractivity contribution >= 4 is 5.97 Å². The second-order valence-electron chi connectivity index (χ2n) is 4.63. The van der Waals surface area contributed by atoms with Crippen LogP contribution in [-0.2, 0) is 0 Å². The smallest absolute Gasteiger partial charge is 0.352 e. The fourth-order valence-corrected chi connectivity index (χ4v) is 2.12. The molecule has 0 aliphatic carbocycles. The highest BCUT2D eigenvalue weighted by atomic mass is 19.2. The Balaban J connectivity index is 2.67. The lowest BCUT2D eigenvalue weighted by Gasteiger charge is -2.16. The average molecular weight is 283 g/mol. The molecule has 0 spiro atoms. The number of nitrogens with zero attached hydrogens (tertiary/aromatic N) is 1. The summed E-state index contributed by atoms with van der Waals surface area (Å²) in [5, 5.41) is 9.10. The van der Waals surface area contributed by atoms with Gasteiger partial charge in [0, 0.05) is 17.3 Å². The summed E-state index contributed by atoms with van der Waals surface area (Å²) >= 11 is 0. The van der Waals surface area contributed by atoms with Crippen LogP contribution in [0.1, 0.15) is 30.4 Å². The number of carboxylic acids is 1. The lowest BCUT2D eigenvalue weighted by atomic mass is 10.1. The number of aromatic nitrogens is 1. The zero-order valence-electron chi connectivity index (χ0n) is 10.8. The molecule has 0 aliphatic heterocycles. The topological polar surface area (TPSA) is 42.2 Å². The predicted octanol–water partition coefficient (Wildman–Crippen LogP) is 3.85. The van der Waals surface area contributed by atoms with Crippen LogP contribution in [0.2, 0.25) is 0 Å². The molecule has 0 aliphatic rings. The molecule has 2 rings (SSSR count). The third-order valence-corrected chi connectivity index (χ3v) is 2.93. The second kappa shape index (κ2) is 5.03. The van der Waals surface area contributed by atoms with Crippen molar-refractivity contribution in [1.29, 1.82) is 0 Å². The van der Waals surface area contributed by atoms with Gasteiger partial charge in [-0.2, -0.15) is 0 Å². The zero-order chi connectivity index (χ0) is 15.0. The Morgan fingerprint density at radius 2 is 1.70 bits per heavy atom. The summed E-state index contributed by atoms with van der Waals surface area (Å²) in [6, 6.07) is 4.24. The Kier molecular flexibility index (Phi) is 3.57. The first kappa shape index (κ1) is 14.2. The normalized spacial score (nSPS) is 11.1. The molecule has 0 saturated heterocycles. The van der Waals surface area contributed by atoms with E-state index in [1.165, 1.54) is 16.7 Å². The first-order valence-electron chi connectivity index (χ1n) is 5.92. The zero-order valence-corrected chi connectivity index (χ0v) is 10.8. The van der Waals surface area contributed by atoms with E-state index in [-0.39, 0.29) is 17.3 Å². The molecule has 6 heteroatoms. The molecule has 0 saturated carbocycles. The van der Waals surface area contributed by atoms with Crippen LogP contribution in [0.3, 0.4) is 0 Å². The monoisotopic (exact) mass is 283 g/mol. The molecule has 0 fully saturated rings. The van der Waals surface area contributed by atoms with Gasteiger partial charge in [-0.25, -0.2) is 18.0 Å². The van der Waals surface area contributed by atoms with Crippen LogP contribution in [0.4, 0.5) is 13.2 Å². The van der Waals surface area contributed by atoms with Gasteiger partial charge in [0.2, 0.25) is 0 Å². The minimum Gasteiger partial charge on any atom is -0.477 e. The molecule has 2 aromatic rings. The lowest BCUT2D eigenvalue weighted by Crippen LogP contribution is -2.11. The quantitative estimate of drug-likeness (QED) is 0.869. The summed E-state index contributed by atoms with van der Waals surface area (Å²) in [7, 11) is 0. The molecular formula is C14H12F3NO2. The maximum atomic E-state index is 13.3. The van der Waals surface area contributed by atoms with Crippen molar-refractivity contribution < 1.29 is 23.1 Å². The molecule has 0 unspecified atom stereocenters. The average Bonchev–Trinajstić information content (AvgIpc) is 2.80. The van der Waals surface area contributed by atoms with Crippen molar-refractivity contribution in [1.82, 2.24) is 4.57 Å².